The summed E-state index contributed by atoms with van der Waals surface area (Å²) in [5.41, 5.74) is 3.61. The second kappa shape index (κ2) is 6.18. The van der Waals surface area contributed by atoms with E-state index < -0.39 is 0 Å². The predicted octanol–water partition coefficient (Wildman–Crippen LogP) is 5.14. The quantitative estimate of drug-likeness (QED) is 0.544. The summed E-state index contributed by atoms with van der Waals surface area (Å²) >= 11 is 0. The number of nitrogens with one attached hydrogen (secondary N) is 1. The number of hydrogen-bond acceptors (Lipinski definition) is 3. The summed E-state index contributed by atoms with van der Waals surface area (Å²) < 4.78 is 0. The van der Waals surface area contributed by atoms with E-state index in [-0.39, 0.29) is 27.8 Å². The van der Waals surface area contributed by atoms with Gasteiger partial charge in [0, 0.05) is 29.2 Å². The first-order valence-electron chi connectivity index (χ1n) is 11.0. The molecule has 4 aliphatic rings. The molecule has 0 aliphatic heterocycles. The normalized spacial score (nSPS) is 40.0. The minimum atomic E-state index is -0.212. The van der Waals surface area contributed by atoms with Crippen molar-refractivity contribution in [2.45, 2.75) is 73.6 Å². The van der Waals surface area contributed by atoms with Gasteiger partial charge in [-0.3, -0.25) is 9.59 Å². The summed E-state index contributed by atoms with van der Waals surface area (Å²) in [7, 11) is 0. The lowest BCUT2D eigenvalue weighted by molar-refractivity contribution is -0.118. The lowest BCUT2D eigenvalue weighted by Gasteiger charge is -2.61. The Labute approximate surface area is 169 Å². The topological polar surface area (TPSA) is 46.2 Å². The van der Waals surface area contributed by atoms with E-state index in [4.69, 9.17) is 0 Å². The average Bonchev–Trinajstić information content (AvgIpc) is 2.88. The highest BCUT2D eigenvalue weighted by Crippen LogP contribution is 2.72. The fourth-order valence-electron chi connectivity index (χ4n) is 6.85. The smallest absolute Gasteiger partial charge is 0.205 e. The van der Waals surface area contributed by atoms with Crippen LogP contribution < -0.4 is 5.32 Å². The highest BCUT2D eigenvalue weighted by molar-refractivity contribution is 6.23. The first-order valence-corrected chi connectivity index (χ1v) is 11.0. The van der Waals surface area contributed by atoms with Gasteiger partial charge in [-0.1, -0.05) is 46.3 Å². The molecule has 0 radical (unpaired) electrons. The molecule has 0 aromatic rings. The van der Waals surface area contributed by atoms with Gasteiger partial charge >= 0.3 is 0 Å². The van der Waals surface area contributed by atoms with E-state index in [1.165, 1.54) is 5.57 Å². The van der Waals surface area contributed by atoms with Crippen molar-refractivity contribution in [2.75, 3.05) is 6.54 Å². The van der Waals surface area contributed by atoms with Crippen molar-refractivity contribution >= 4 is 11.6 Å². The zero-order valence-corrected chi connectivity index (χ0v) is 18.4. The SMILES string of the molecule is CC1=CCCC2C1(C)CCC1(C)C3=C(CC21C)C(=O)C=C(NCC(C)C)C3=O. The van der Waals surface area contributed by atoms with E-state index in [1.54, 1.807) is 6.08 Å². The maximum absolute atomic E-state index is 13.5. The number of hydrogen-bond donors (Lipinski definition) is 1. The van der Waals surface area contributed by atoms with Crippen LogP contribution in [0.25, 0.3) is 0 Å². The van der Waals surface area contributed by atoms with Crippen LogP contribution in [0.4, 0.5) is 0 Å². The van der Waals surface area contributed by atoms with Crippen molar-refractivity contribution in [1.29, 1.82) is 0 Å². The number of Topliss-reactive ketones (excluding diaryl/α,β-unsaturated/α-hetero) is 1. The minimum absolute atomic E-state index is 0.0349. The van der Waals surface area contributed by atoms with Gasteiger partial charge in [0.25, 0.3) is 0 Å². The molecular weight excluding hydrogens is 346 g/mol. The Morgan fingerprint density at radius 3 is 2.57 bits per heavy atom. The Morgan fingerprint density at radius 1 is 1.18 bits per heavy atom. The van der Waals surface area contributed by atoms with Crippen LogP contribution >= 0.6 is 0 Å². The molecule has 0 bridgehead atoms. The van der Waals surface area contributed by atoms with Gasteiger partial charge in [0.1, 0.15) is 0 Å². The zero-order valence-electron chi connectivity index (χ0n) is 18.4. The minimum Gasteiger partial charge on any atom is -0.382 e. The molecule has 0 aromatic heterocycles. The fourth-order valence-corrected chi connectivity index (χ4v) is 6.85. The van der Waals surface area contributed by atoms with E-state index >= 15 is 0 Å². The fraction of sp³-hybridized carbons (Fsp3) is 0.680. The molecule has 28 heavy (non-hydrogen) atoms. The second-order valence-corrected chi connectivity index (χ2v) is 10.7. The standard InChI is InChI=1S/C25H35NO2/c1-15(2)14-26-18-12-19(27)17-13-25(6)20-9-7-8-16(3)23(20,4)10-11-24(25,5)21(17)22(18)28/h8,12,15,20,26H,7,9-11,13-14H2,1-6H3. The first kappa shape index (κ1) is 19.7. The molecule has 4 rings (SSSR count). The molecule has 4 aliphatic carbocycles. The van der Waals surface area contributed by atoms with Gasteiger partial charge in [0.2, 0.25) is 5.78 Å². The lowest BCUT2D eigenvalue weighted by atomic mass is 9.43. The Hall–Kier alpha value is -1.64. The predicted molar refractivity (Wildman–Crippen MR) is 113 cm³/mol. The molecule has 4 unspecified atom stereocenters. The van der Waals surface area contributed by atoms with Crippen LogP contribution in [0.1, 0.15) is 73.6 Å². The van der Waals surface area contributed by atoms with Gasteiger partial charge in [-0.05, 0) is 61.7 Å². The summed E-state index contributed by atoms with van der Waals surface area (Å²) in [4.78, 5) is 26.6. The van der Waals surface area contributed by atoms with Crippen molar-refractivity contribution < 1.29 is 9.59 Å². The van der Waals surface area contributed by atoms with Crippen molar-refractivity contribution in [3.05, 3.63) is 34.6 Å². The van der Waals surface area contributed by atoms with Crippen LogP contribution in [0.5, 0.6) is 0 Å². The molecule has 0 heterocycles. The maximum Gasteiger partial charge on any atom is 0.205 e. The van der Waals surface area contributed by atoms with E-state index in [1.807, 2.05) is 0 Å². The zero-order chi connectivity index (χ0) is 20.5. The van der Waals surface area contributed by atoms with Crippen LogP contribution in [0.3, 0.4) is 0 Å². The molecule has 3 heteroatoms. The molecule has 152 valence electrons. The number of rotatable bonds is 3. The Balaban J connectivity index is 1.74. The molecule has 0 spiro atoms. The molecule has 0 saturated heterocycles. The molecular formula is C25H35NO2. The largest absolute Gasteiger partial charge is 0.382 e. The van der Waals surface area contributed by atoms with Gasteiger partial charge in [0.15, 0.2) is 5.78 Å². The molecule has 0 aromatic carbocycles. The number of ketones is 2. The van der Waals surface area contributed by atoms with Gasteiger partial charge in [-0.25, -0.2) is 0 Å². The summed E-state index contributed by atoms with van der Waals surface area (Å²) in [5.74, 6) is 1.08. The third-order valence-corrected chi connectivity index (χ3v) is 8.89. The van der Waals surface area contributed by atoms with Gasteiger partial charge in [-0.2, -0.15) is 0 Å². The number of carbonyl (C=O) groups is 2. The third-order valence-electron chi connectivity index (χ3n) is 8.89. The van der Waals surface area contributed by atoms with Gasteiger partial charge < -0.3 is 5.32 Å². The van der Waals surface area contributed by atoms with Gasteiger partial charge in [0.05, 0.1) is 5.70 Å². The Kier molecular flexibility index (Phi) is 4.34. The molecule has 4 atom stereocenters. The molecule has 1 N–H and O–H groups in total. The number of fused-ring (bicyclic) bond motifs is 4. The monoisotopic (exact) mass is 381 g/mol. The summed E-state index contributed by atoms with van der Waals surface area (Å²) in [6.07, 6.45) is 9.10. The summed E-state index contributed by atoms with van der Waals surface area (Å²) in [5, 5.41) is 3.26. The third kappa shape index (κ3) is 2.40. The maximum atomic E-state index is 13.5. The molecule has 3 nitrogen and oxygen atoms in total. The number of allylic oxidation sites excluding steroid dienone is 5. The van der Waals surface area contributed by atoms with E-state index in [9.17, 15) is 9.59 Å². The first-order chi connectivity index (χ1) is 13.0. The Bertz CT molecular complexity index is 845. The summed E-state index contributed by atoms with van der Waals surface area (Å²) in [6, 6.07) is 0. The molecule has 1 fully saturated rings. The van der Waals surface area contributed by atoms with Crippen LogP contribution in [0.15, 0.2) is 34.6 Å². The molecule has 1 saturated carbocycles. The highest BCUT2D eigenvalue weighted by atomic mass is 16.1. The Morgan fingerprint density at radius 2 is 1.89 bits per heavy atom. The van der Waals surface area contributed by atoms with Crippen LogP contribution in [0.2, 0.25) is 0 Å². The van der Waals surface area contributed by atoms with Crippen molar-refractivity contribution in [1.82, 2.24) is 5.32 Å². The van der Waals surface area contributed by atoms with E-state index in [2.05, 4.69) is 52.9 Å². The van der Waals surface area contributed by atoms with E-state index in [0.717, 1.165) is 43.3 Å². The van der Waals surface area contributed by atoms with Gasteiger partial charge in [-0.15, -0.1) is 0 Å². The second-order valence-electron chi connectivity index (χ2n) is 10.7. The van der Waals surface area contributed by atoms with Crippen molar-refractivity contribution in [3.63, 3.8) is 0 Å². The van der Waals surface area contributed by atoms with Crippen molar-refractivity contribution in [2.24, 2.45) is 28.1 Å². The van der Waals surface area contributed by atoms with Crippen LogP contribution in [-0.4, -0.2) is 18.1 Å². The molecule has 0 amide bonds. The number of carbonyl (C=O) groups excluding carboxylic acids is 2. The highest BCUT2D eigenvalue weighted by Gasteiger charge is 2.66. The van der Waals surface area contributed by atoms with E-state index in [0.29, 0.717) is 24.1 Å². The van der Waals surface area contributed by atoms with Crippen LogP contribution in [0, 0.1) is 28.1 Å². The van der Waals surface area contributed by atoms with Crippen LogP contribution in [-0.2, 0) is 9.59 Å². The summed E-state index contributed by atoms with van der Waals surface area (Å²) in [6.45, 7) is 14.3. The lowest BCUT2D eigenvalue weighted by Crippen LogP contribution is -2.54. The average molecular weight is 382 g/mol. The van der Waals surface area contributed by atoms with Crippen molar-refractivity contribution in [3.8, 4) is 0 Å².